The van der Waals surface area contributed by atoms with Gasteiger partial charge in [-0.15, -0.1) is 0 Å². The number of rotatable bonds is 9. The van der Waals surface area contributed by atoms with E-state index in [-0.39, 0.29) is 19.1 Å². The van der Waals surface area contributed by atoms with Crippen LogP contribution in [0.25, 0.3) is 0 Å². The number of hydrogen-bond acceptors (Lipinski definition) is 6. The van der Waals surface area contributed by atoms with Gasteiger partial charge in [-0.2, -0.15) is 4.98 Å². The molecule has 2 N–H and O–H groups in total. The van der Waals surface area contributed by atoms with Gasteiger partial charge in [0.25, 0.3) is 5.89 Å². The molecule has 1 aromatic carbocycles. The number of aryl methyl sites for hydroxylation is 1. The van der Waals surface area contributed by atoms with E-state index in [0.717, 1.165) is 12.0 Å². The molecule has 0 saturated heterocycles. The van der Waals surface area contributed by atoms with E-state index < -0.39 is 0 Å². The third-order valence-corrected chi connectivity index (χ3v) is 3.22. The van der Waals surface area contributed by atoms with E-state index in [0.29, 0.717) is 31.3 Å². The number of nitrogens with zero attached hydrogens (tertiary/aromatic N) is 3. The second-order valence-electron chi connectivity index (χ2n) is 5.17. The average Bonchev–Trinajstić information content (AvgIpc) is 2.97. The van der Waals surface area contributed by atoms with Crippen LogP contribution in [-0.2, 0) is 22.7 Å². The van der Waals surface area contributed by atoms with Gasteiger partial charge in [-0.25, -0.2) is 0 Å². The minimum atomic E-state index is -0.0847. The Bertz CT molecular complexity index is 600. The molecule has 23 heavy (non-hydrogen) atoms. The molecule has 0 radical (unpaired) electrons. The van der Waals surface area contributed by atoms with Crippen molar-refractivity contribution in [2.75, 3.05) is 19.7 Å². The molecule has 1 amide bonds. The van der Waals surface area contributed by atoms with Crippen LogP contribution in [0.15, 0.2) is 34.9 Å². The predicted octanol–water partition coefficient (Wildman–Crippen LogP) is 1.27. The molecule has 0 aliphatic heterocycles. The highest BCUT2D eigenvalue weighted by Gasteiger charge is 2.14. The molecule has 0 atom stereocenters. The zero-order valence-electron chi connectivity index (χ0n) is 13.3. The van der Waals surface area contributed by atoms with Crippen LogP contribution >= 0.6 is 0 Å². The molecule has 0 unspecified atom stereocenters. The molecule has 124 valence electrons. The molecular weight excluding hydrogens is 296 g/mol. The summed E-state index contributed by atoms with van der Waals surface area (Å²) in [5, 5.41) is 3.67. The summed E-state index contributed by atoms with van der Waals surface area (Å²) in [6.45, 7) is 3.52. The smallest absolute Gasteiger partial charge is 0.252 e. The predicted molar refractivity (Wildman–Crippen MR) is 84.2 cm³/mol. The summed E-state index contributed by atoms with van der Waals surface area (Å²) in [6.07, 6.45) is 0.751. The van der Waals surface area contributed by atoms with Gasteiger partial charge >= 0.3 is 0 Å². The standard InChI is InChI=1S/C16H22N4O3/c1-13-18-15(23-19-13)11-22-12-16(21)20(9-5-8-17)10-14-6-3-2-4-7-14/h2-4,6-7H,5,8-12,17H2,1H3. The van der Waals surface area contributed by atoms with Gasteiger partial charge in [0.05, 0.1) is 0 Å². The van der Waals surface area contributed by atoms with Crippen molar-refractivity contribution in [3.8, 4) is 0 Å². The third-order valence-electron chi connectivity index (χ3n) is 3.22. The van der Waals surface area contributed by atoms with E-state index in [4.69, 9.17) is 15.0 Å². The van der Waals surface area contributed by atoms with Crippen molar-refractivity contribution < 1.29 is 14.1 Å². The third kappa shape index (κ3) is 5.80. The average molecular weight is 318 g/mol. The molecule has 0 aliphatic carbocycles. The van der Waals surface area contributed by atoms with Crippen LogP contribution in [0.3, 0.4) is 0 Å². The minimum absolute atomic E-state index is 0.0289. The minimum Gasteiger partial charge on any atom is -0.362 e. The zero-order valence-corrected chi connectivity index (χ0v) is 13.3. The van der Waals surface area contributed by atoms with Gasteiger partial charge in [0.1, 0.15) is 13.2 Å². The summed E-state index contributed by atoms with van der Waals surface area (Å²) < 4.78 is 10.3. The lowest BCUT2D eigenvalue weighted by molar-refractivity contribution is -0.137. The lowest BCUT2D eigenvalue weighted by atomic mass is 10.2. The molecule has 0 aliphatic rings. The zero-order chi connectivity index (χ0) is 16.5. The SMILES string of the molecule is Cc1noc(COCC(=O)N(CCCN)Cc2ccccc2)n1. The van der Waals surface area contributed by atoms with E-state index >= 15 is 0 Å². The molecule has 1 aromatic heterocycles. The fourth-order valence-corrected chi connectivity index (χ4v) is 2.09. The maximum Gasteiger partial charge on any atom is 0.252 e. The topological polar surface area (TPSA) is 94.5 Å². The number of carbonyl (C=O) groups excluding carboxylic acids is 1. The number of nitrogens with two attached hydrogens (primary N) is 1. The summed E-state index contributed by atoms with van der Waals surface area (Å²) in [5.74, 6) is 0.828. The first-order valence-corrected chi connectivity index (χ1v) is 7.57. The van der Waals surface area contributed by atoms with Crippen LogP contribution in [0.2, 0.25) is 0 Å². The molecular formula is C16H22N4O3. The number of amides is 1. The summed E-state index contributed by atoms with van der Waals surface area (Å²) in [5.41, 5.74) is 6.63. The second kappa shape index (κ2) is 9.02. The van der Waals surface area contributed by atoms with Crippen LogP contribution < -0.4 is 5.73 Å². The van der Waals surface area contributed by atoms with E-state index in [1.54, 1.807) is 11.8 Å². The van der Waals surface area contributed by atoms with Crippen molar-refractivity contribution in [1.29, 1.82) is 0 Å². The maximum atomic E-state index is 12.3. The highest BCUT2D eigenvalue weighted by Crippen LogP contribution is 2.06. The van der Waals surface area contributed by atoms with Gasteiger partial charge in [-0.1, -0.05) is 35.5 Å². The van der Waals surface area contributed by atoms with Crippen molar-refractivity contribution in [3.63, 3.8) is 0 Å². The molecule has 0 spiro atoms. The number of hydrogen-bond donors (Lipinski definition) is 1. The lowest BCUT2D eigenvalue weighted by Gasteiger charge is -2.22. The molecule has 7 nitrogen and oxygen atoms in total. The van der Waals surface area contributed by atoms with Crippen LogP contribution in [-0.4, -0.2) is 40.6 Å². The van der Waals surface area contributed by atoms with Gasteiger partial charge in [0.15, 0.2) is 5.82 Å². The first-order valence-electron chi connectivity index (χ1n) is 7.57. The lowest BCUT2D eigenvalue weighted by Crippen LogP contribution is -2.35. The van der Waals surface area contributed by atoms with Gasteiger partial charge in [0, 0.05) is 13.1 Å². The molecule has 0 fully saturated rings. The van der Waals surface area contributed by atoms with E-state index in [1.165, 1.54) is 0 Å². The van der Waals surface area contributed by atoms with Crippen molar-refractivity contribution in [2.45, 2.75) is 26.5 Å². The van der Waals surface area contributed by atoms with Gasteiger partial charge in [-0.3, -0.25) is 4.79 Å². The largest absolute Gasteiger partial charge is 0.362 e. The summed E-state index contributed by atoms with van der Waals surface area (Å²) in [6, 6.07) is 9.84. The molecule has 1 heterocycles. The Morgan fingerprint density at radius 3 is 2.78 bits per heavy atom. The summed E-state index contributed by atoms with van der Waals surface area (Å²) >= 11 is 0. The number of aromatic nitrogens is 2. The summed E-state index contributed by atoms with van der Waals surface area (Å²) in [4.78, 5) is 18.1. The fourth-order valence-electron chi connectivity index (χ4n) is 2.09. The molecule has 0 bridgehead atoms. The van der Waals surface area contributed by atoms with Gasteiger partial charge in [0.2, 0.25) is 5.91 Å². The van der Waals surface area contributed by atoms with Gasteiger partial charge in [-0.05, 0) is 25.5 Å². The quantitative estimate of drug-likeness (QED) is 0.748. The number of ether oxygens (including phenoxy) is 1. The van der Waals surface area contributed by atoms with Crippen molar-refractivity contribution in [1.82, 2.24) is 15.0 Å². The Balaban J connectivity index is 1.85. The summed E-state index contributed by atoms with van der Waals surface area (Å²) in [7, 11) is 0. The van der Waals surface area contributed by atoms with Crippen LogP contribution in [0.1, 0.15) is 23.7 Å². The highest BCUT2D eigenvalue weighted by atomic mass is 16.5. The van der Waals surface area contributed by atoms with Crippen LogP contribution in [0, 0.1) is 6.92 Å². The maximum absolute atomic E-state index is 12.3. The first kappa shape index (κ1) is 17.1. The van der Waals surface area contributed by atoms with Crippen molar-refractivity contribution >= 4 is 5.91 Å². The normalized spacial score (nSPS) is 10.7. The molecule has 0 saturated carbocycles. The molecule has 2 rings (SSSR count). The Morgan fingerprint density at radius 2 is 2.13 bits per heavy atom. The molecule has 2 aromatic rings. The van der Waals surface area contributed by atoms with Crippen molar-refractivity contribution in [2.24, 2.45) is 5.73 Å². The van der Waals surface area contributed by atoms with E-state index in [2.05, 4.69) is 10.1 Å². The Hall–Kier alpha value is -2.25. The highest BCUT2D eigenvalue weighted by molar-refractivity contribution is 5.77. The van der Waals surface area contributed by atoms with Crippen LogP contribution in [0.5, 0.6) is 0 Å². The Kier molecular flexibility index (Phi) is 6.71. The van der Waals surface area contributed by atoms with Crippen LogP contribution in [0.4, 0.5) is 0 Å². The number of benzene rings is 1. The van der Waals surface area contributed by atoms with E-state index in [9.17, 15) is 4.79 Å². The fraction of sp³-hybridized carbons (Fsp3) is 0.438. The monoisotopic (exact) mass is 318 g/mol. The van der Waals surface area contributed by atoms with Crippen molar-refractivity contribution in [3.05, 3.63) is 47.6 Å². The Labute approximate surface area is 135 Å². The van der Waals surface area contributed by atoms with Gasteiger partial charge < -0.3 is 19.9 Å². The number of carbonyl (C=O) groups is 1. The molecule has 7 heteroatoms. The van der Waals surface area contributed by atoms with E-state index in [1.807, 2.05) is 30.3 Å². The first-order chi connectivity index (χ1) is 11.2. The second-order valence-corrected chi connectivity index (χ2v) is 5.17. The Morgan fingerprint density at radius 1 is 1.35 bits per heavy atom.